The molecule has 4 heteroatoms. The lowest BCUT2D eigenvalue weighted by Crippen LogP contribution is -2.36. The van der Waals surface area contributed by atoms with Crippen molar-refractivity contribution in [1.29, 1.82) is 0 Å². The number of halogens is 1. The van der Waals surface area contributed by atoms with Crippen LogP contribution < -0.4 is 0 Å². The Hall–Kier alpha value is -0.540. The molecule has 0 saturated carbocycles. The molecular weight excluding hydrogens is 210 g/mol. The van der Waals surface area contributed by atoms with Crippen LogP contribution in [0.2, 0.25) is 0 Å². The van der Waals surface area contributed by atoms with Crippen LogP contribution in [0, 0.1) is 5.92 Å². The fraction of sp³-hybridized carbons (Fsp3) is 0.727. The van der Waals surface area contributed by atoms with Crippen LogP contribution in [0.15, 0.2) is 18.5 Å². The van der Waals surface area contributed by atoms with E-state index in [9.17, 15) is 0 Å². The minimum Gasteiger partial charge on any atom is -0.301 e. The molecule has 3 nitrogen and oxygen atoms in total. The number of aromatic nitrogens is 2. The minimum absolute atomic E-state index is 0.743. The number of alkyl halides is 1. The van der Waals surface area contributed by atoms with E-state index in [0.29, 0.717) is 0 Å². The predicted octanol–water partition coefficient (Wildman–Crippen LogP) is 1.83. The molecule has 0 N–H and O–H groups in total. The molecule has 0 aliphatic carbocycles. The molecule has 0 spiro atoms. The Morgan fingerprint density at radius 2 is 2.07 bits per heavy atom. The van der Waals surface area contributed by atoms with Gasteiger partial charge in [-0.15, -0.1) is 11.6 Å². The summed E-state index contributed by atoms with van der Waals surface area (Å²) in [4.78, 5) is 2.50. The molecule has 1 aromatic heterocycles. The number of likely N-dealkylation sites (tertiary alicyclic amines) is 1. The molecule has 0 aromatic carbocycles. The van der Waals surface area contributed by atoms with E-state index in [1.807, 2.05) is 23.1 Å². The smallest absolute Gasteiger partial charge is 0.0536 e. The van der Waals surface area contributed by atoms with Crippen LogP contribution >= 0.6 is 11.6 Å². The standard InChI is InChI=1S/C11H18ClN3/c12-10-11-2-6-14(7-3-11)8-9-15-5-1-4-13-15/h1,4-5,11H,2-3,6-10H2. The maximum Gasteiger partial charge on any atom is 0.0536 e. The Labute approximate surface area is 96.0 Å². The summed E-state index contributed by atoms with van der Waals surface area (Å²) in [5.74, 6) is 1.57. The van der Waals surface area contributed by atoms with E-state index in [0.717, 1.165) is 24.9 Å². The predicted molar refractivity (Wildman–Crippen MR) is 62.1 cm³/mol. The maximum absolute atomic E-state index is 5.85. The van der Waals surface area contributed by atoms with Gasteiger partial charge in [0.1, 0.15) is 0 Å². The molecular formula is C11H18ClN3. The minimum atomic E-state index is 0.743. The van der Waals surface area contributed by atoms with Crippen molar-refractivity contribution in [1.82, 2.24) is 14.7 Å². The van der Waals surface area contributed by atoms with E-state index in [1.165, 1.54) is 25.9 Å². The molecule has 1 aliphatic rings. The van der Waals surface area contributed by atoms with Gasteiger partial charge in [0, 0.05) is 24.8 Å². The first kappa shape index (κ1) is 11.0. The highest BCUT2D eigenvalue weighted by molar-refractivity contribution is 6.18. The number of rotatable bonds is 4. The van der Waals surface area contributed by atoms with Gasteiger partial charge in [0.2, 0.25) is 0 Å². The van der Waals surface area contributed by atoms with Crippen molar-refractivity contribution in [2.45, 2.75) is 19.4 Å². The van der Waals surface area contributed by atoms with Crippen molar-refractivity contribution in [2.24, 2.45) is 5.92 Å². The Kier molecular flexibility index (Phi) is 4.03. The third-order valence-corrected chi connectivity index (χ3v) is 3.57. The van der Waals surface area contributed by atoms with Gasteiger partial charge in [-0.25, -0.2) is 0 Å². The van der Waals surface area contributed by atoms with Crippen molar-refractivity contribution < 1.29 is 0 Å². The highest BCUT2D eigenvalue weighted by Gasteiger charge is 2.17. The Balaban J connectivity index is 1.69. The van der Waals surface area contributed by atoms with Crippen LogP contribution in [-0.2, 0) is 6.54 Å². The van der Waals surface area contributed by atoms with E-state index >= 15 is 0 Å². The summed E-state index contributed by atoms with van der Waals surface area (Å²) in [6, 6.07) is 1.97. The van der Waals surface area contributed by atoms with E-state index in [1.54, 1.807) is 0 Å². The van der Waals surface area contributed by atoms with Gasteiger partial charge < -0.3 is 4.90 Å². The Morgan fingerprint density at radius 1 is 1.27 bits per heavy atom. The lowest BCUT2D eigenvalue weighted by molar-refractivity contribution is 0.185. The molecule has 0 radical (unpaired) electrons. The zero-order chi connectivity index (χ0) is 10.5. The molecule has 1 saturated heterocycles. The summed E-state index contributed by atoms with van der Waals surface area (Å²) in [6.07, 6.45) is 6.36. The second kappa shape index (κ2) is 5.52. The fourth-order valence-electron chi connectivity index (χ4n) is 2.04. The number of hydrogen-bond acceptors (Lipinski definition) is 2. The van der Waals surface area contributed by atoms with E-state index < -0.39 is 0 Å². The van der Waals surface area contributed by atoms with Crippen LogP contribution in [-0.4, -0.2) is 40.2 Å². The highest BCUT2D eigenvalue weighted by atomic mass is 35.5. The number of piperidine rings is 1. The van der Waals surface area contributed by atoms with Crippen LogP contribution in [0.3, 0.4) is 0 Å². The molecule has 0 bridgehead atoms. The van der Waals surface area contributed by atoms with Gasteiger partial charge in [0.25, 0.3) is 0 Å². The third kappa shape index (κ3) is 3.21. The molecule has 1 fully saturated rings. The van der Waals surface area contributed by atoms with Crippen LogP contribution in [0.1, 0.15) is 12.8 Å². The summed E-state index contributed by atoms with van der Waals surface area (Å²) in [7, 11) is 0. The molecule has 2 heterocycles. The largest absolute Gasteiger partial charge is 0.301 e. The van der Waals surface area contributed by atoms with Crippen LogP contribution in [0.4, 0.5) is 0 Å². The molecule has 1 aliphatic heterocycles. The van der Waals surface area contributed by atoms with Gasteiger partial charge in [-0.1, -0.05) is 0 Å². The quantitative estimate of drug-likeness (QED) is 0.732. The molecule has 0 atom stereocenters. The molecule has 0 amide bonds. The van der Waals surface area contributed by atoms with E-state index in [-0.39, 0.29) is 0 Å². The van der Waals surface area contributed by atoms with Crippen molar-refractivity contribution in [3.8, 4) is 0 Å². The average Bonchev–Trinajstić information content (AvgIpc) is 2.80. The zero-order valence-corrected chi connectivity index (χ0v) is 9.73. The first-order valence-electron chi connectivity index (χ1n) is 5.64. The second-order valence-electron chi connectivity index (χ2n) is 4.21. The van der Waals surface area contributed by atoms with Crippen LogP contribution in [0.5, 0.6) is 0 Å². The SMILES string of the molecule is ClCC1CCN(CCn2cccn2)CC1. The lowest BCUT2D eigenvalue weighted by atomic mass is 9.99. The molecule has 2 rings (SSSR count). The van der Waals surface area contributed by atoms with Gasteiger partial charge in [0.05, 0.1) is 6.54 Å². The normalized spacial score (nSPS) is 19.5. The van der Waals surface area contributed by atoms with E-state index in [4.69, 9.17) is 11.6 Å². The Morgan fingerprint density at radius 3 is 2.67 bits per heavy atom. The molecule has 0 unspecified atom stereocenters. The summed E-state index contributed by atoms with van der Waals surface area (Å²) in [5.41, 5.74) is 0. The van der Waals surface area contributed by atoms with Gasteiger partial charge in [-0.2, -0.15) is 5.10 Å². The lowest BCUT2D eigenvalue weighted by Gasteiger charge is -2.30. The Bertz CT molecular complexity index is 265. The average molecular weight is 228 g/mol. The molecule has 15 heavy (non-hydrogen) atoms. The van der Waals surface area contributed by atoms with E-state index in [2.05, 4.69) is 10.00 Å². The van der Waals surface area contributed by atoms with Crippen molar-refractivity contribution in [3.05, 3.63) is 18.5 Å². The van der Waals surface area contributed by atoms with Gasteiger partial charge >= 0.3 is 0 Å². The van der Waals surface area contributed by atoms with Crippen molar-refractivity contribution >= 4 is 11.6 Å². The second-order valence-corrected chi connectivity index (χ2v) is 4.52. The first-order valence-corrected chi connectivity index (χ1v) is 6.17. The van der Waals surface area contributed by atoms with Gasteiger partial charge in [0.15, 0.2) is 0 Å². The van der Waals surface area contributed by atoms with Gasteiger partial charge in [-0.05, 0) is 37.9 Å². The van der Waals surface area contributed by atoms with Crippen molar-refractivity contribution in [3.63, 3.8) is 0 Å². The maximum atomic E-state index is 5.85. The molecule has 84 valence electrons. The number of nitrogens with zero attached hydrogens (tertiary/aromatic N) is 3. The summed E-state index contributed by atoms with van der Waals surface area (Å²) in [5, 5.41) is 4.20. The highest BCUT2D eigenvalue weighted by Crippen LogP contribution is 2.17. The third-order valence-electron chi connectivity index (χ3n) is 3.13. The monoisotopic (exact) mass is 227 g/mol. The van der Waals surface area contributed by atoms with Crippen molar-refractivity contribution in [2.75, 3.05) is 25.5 Å². The summed E-state index contributed by atoms with van der Waals surface area (Å²) >= 11 is 5.85. The summed E-state index contributed by atoms with van der Waals surface area (Å²) < 4.78 is 1.99. The molecule has 1 aromatic rings. The summed E-state index contributed by atoms with van der Waals surface area (Å²) in [6.45, 7) is 4.49. The first-order chi connectivity index (χ1) is 7.38. The van der Waals surface area contributed by atoms with Gasteiger partial charge in [-0.3, -0.25) is 4.68 Å². The zero-order valence-electron chi connectivity index (χ0n) is 8.98. The van der Waals surface area contributed by atoms with Crippen LogP contribution in [0.25, 0.3) is 0 Å². The fourth-order valence-corrected chi connectivity index (χ4v) is 2.35. The topological polar surface area (TPSA) is 21.1 Å². The number of hydrogen-bond donors (Lipinski definition) is 0.